The lowest BCUT2D eigenvalue weighted by Gasteiger charge is -2.27. The predicted octanol–water partition coefficient (Wildman–Crippen LogP) is 0.560. The Bertz CT molecular complexity index is 350. The highest BCUT2D eigenvalue weighted by molar-refractivity contribution is 7.91. The van der Waals surface area contributed by atoms with Crippen molar-refractivity contribution >= 4 is 9.84 Å². The van der Waals surface area contributed by atoms with Crippen LogP contribution in [0.25, 0.3) is 0 Å². The highest BCUT2D eigenvalue weighted by Gasteiger charge is 2.26. The number of rotatable bonds is 5. The molecule has 1 aliphatic heterocycles. The first kappa shape index (κ1) is 12.5. The second-order valence-electron chi connectivity index (χ2n) is 4.88. The molecule has 0 aromatic heterocycles. The lowest BCUT2D eigenvalue weighted by Crippen LogP contribution is -2.46. The summed E-state index contributed by atoms with van der Waals surface area (Å²) in [7, 11) is -2.98. The summed E-state index contributed by atoms with van der Waals surface area (Å²) in [5, 5.41) is 11.8. The molecule has 1 N–H and O–H groups in total. The Morgan fingerprint density at radius 1 is 1.47 bits per heavy atom. The van der Waals surface area contributed by atoms with Gasteiger partial charge < -0.3 is 5.32 Å². The maximum Gasteiger partial charge on any atom is 0.150 e. The van der Waals surface area contributed by atoms with Crippen LogP contribution in [0.4, 0.5) is 0 Å². The predicted molar refractivity (Wildman–Crippen MR) is 59.0 cm³/mol. The molecule has 0 atom stereocenters. The number of hydrogen-bond donors (Lipinski definition) is 1. The highest BCUT2D eigenvalue weighted by Crippen LogP contribution is 2.20. The minimum Gasteiger partial charge on any atom is -0.316 e. The molecule has 1 rings (SSSR count). The molecule has 0 aromatic rings. The molecule has 0 unspecified atom stereocenters. The monoisotopic (exact) mass is 230 g/mol. The lowest BCUT2D eigenvalue weighted by atomic mass is 9.93. The highest BCUT2D eigenvalue weighted by atomic mass is 32.2. The smallest absolute Gasteiger partial charge is 0.150 e. The Morgan fingerprint density at radius 2 is 2.07 bits per heavy atom. The van der Waals surface area contributed by atoms with Gasteiger partial charge in [0, 0.05) is 13.1 Å². The standard InChI is InChI=1S/C10H18N2O2S/c1-10(2,8-11)3-4-15(13,14)7-9-5-12-6-9/h9,12H,3-7H2,1-2H3. The summed E-state index contributed by atoms with van der Waals surface area (Å²) in [6.07, 6.45) is 0.423. The molecule has 1 heterocycles. The lowest BCUT2D eigenvalue weighted by molar-refractivity contribution is 0.377. The molecule has 0 saturated carbocycles. The number of nitrogens with one attached hydrogen (secondary N) is 1. The summed E-state index contributed by atoms with van der Waals surface area (Å²) in [4.78, 5) is 0. The van der Waals surface area contributed by atoms with Gasteiger partial charge in [-0.3, -0.25) is 0 Å². The van der Waals surface area contributed by atoms with Gasteiger partial charge in [0.15, 0.2) is 9.84 Å². The second kappa shape index (κ2) is 4.50. The molecule has 15 heavy (non-hydrogen) atoms. The van der Waals surface area contributed by atoms with Crippen LogP contribution < -0.4 is 5.32 Å². The Morgan fingerprint density at radius 3 is 2.47 bits per heavy atom. The minimum atomic E-state index is -2.98. The topological polar surface area (TPSA) is 70.0 Å². The third-order valence-electron chi connectivity index (χ3n) is 2.70. The van der Waals surface area contributed by atoms with Crippen molar-refractivity contribution in [3.05, 3.63) is 0 Å². The van der Waals surface area contributed by atoms with Crippen molar-refractivity contribution in [2.45, 2.75) is 20.3 Å². The van der Waals surface area contributed by atoms with Crippen LogP contribution in [0.2, 0.25) is 0 Å². The van der Waals surface area contributed by atoms with E-state index in [-0.39, 0.29) is 17.4 Å². The maximum absolute atomic E-state index is 11.7. The van der Waals surface area contributed by atoms with Crippen LogP contribution in [0, 0.1) is 22.7 Å². The van der Waals surface area contributed by atoms with Crippen LogP contribution in [-0.2, 0) is 9.84 Å². The molecular weight excluding hydrogens is 212 g/mol. The van der Waals surface area contributed by atoms with E-state index in [2.05, 4.69) is 11.4 Å². The zero-order chi connectivity index (χ0) is 11.5. The van der Waals surface area contributed by atoms with Crippen LogP contribution in [0.3, 0.4) is 0 Å². The zero-order valence-electron chi connectivity index (χ0n) is 9.28. The minimum absolute atomic E-state index is 0.129. The number of nitriles is 1. The van der Waals surface area contributed by atoms with Crippen LogP contribution in [0.5, 0.6) is 0 Å². The molecule has 1 fully saturated rings. The van der Waals surface area contributed by atoms with Crippen LogP contribution in [0.1, 0.15) is 20.3 Å². The average Bonchev–Trinajstić information content (AvgIpc) is 2.09. The van der Waals surface area contributed by atoms with Gasteiger partial charge >= 0.3 is 0 Å². The zero-order valence-corrected chi connectivity index (χ0v) is 10.1. The molecule has 4 nitrogen and oxygen atoms in total. The van der Waals surface area contributed by atoms with E-state index in [1.165, 1.54) is 0 Å². The summed E-state index contributed by atoms with van der Waals surface area (Å²) < 4.78 is 23.3. The van der Waals surface area contributed by atoms with Gasteiger partial charge in [-0.1, -0.05) is 0 Å². The maximum atomic E-state index is 11.7. The van der Waals surface area contributed by atoms with E-state index in [1.807, 2.05) is 0 Å². The fourth-order valence-corrected chi connectivity index (χ4v) is 3.32. The fraction of sp³-hybridized carbons (Fsp3) is 0.900. The van der Waals surface area contributed by atoms with E-state index < -0.39 is 15.3 Å². The molecule has 1 aliphatic rings. The molecule has 0 aromatic carbocycles. The van der Waals surface area contributed by atoms with Crippen LogP contribution in [-0.4, -0.2) is 33.0 Å². The van der Waals surface area contributed by atoms with Crippen LogP contribution >= 0.6 is 0 Å². The Labute approximate surface area is 91.6 Å². The van der Waals surface area contributed by atoms with E-state index in [9.17, 15) is 8.42 Å². The van der Waals surface area contributed by atoms with Gasteiger partial charge in [-0.15, -0.1) is 0 Å². The molecule has 0 bridgehead atoms. The van der Waals surface area contributed by atoms with E-state index in [4.69, 9.17) is 5.26 Å². The Hall–Kier alpha value is -0.600. The van der Waals surface area contributed by atoms with Crippen molar-refractivity contribution in [2.75, 3.05) is 24.6 Å². The Balaban J connectivity index is 2.39. The van der Waals surface area contributed by atoms with Crippen molar-refractivity contribution in [3.63, 3.8) is 0 Å². The van der Waals surface area contributed by atoms with Crippen molar-refractivity contribution in [2.24, 2.45) is 11.3 Å². The van der Waals surface area contributed by atoms with E-state index in [0.29, 0.717) is 6.42 Å². The third kappa shape index (κ3) is 4.18. The number of nitrogens with zero attached hydrogens (tertiary/aromatic N) is 1. The molecule has 86 valence electrons. The molecule has 0 spiro atoms. The quantitative estimate of drug-likeness (QED) is 0.749. The second-order valence-corrected chi connectivity index (χ2v) is 7.11. The van der Waals surface area contributed by atoms with Gasteiger partial charge in [-0.05, 0) is 26.2 Å². The van der Waals surface area contributed by atoms with Crippen molar-refractivity contribution < 1.29 is 8.42 Å². The summed E-state index contributed by atoms with van der Waals surface area (Å²) in [5.41, 5.74) is -0.537. The van der Waals surface area contributed by atoms with Gasteiger partial charge in [0.1, 0.15) is 0 Å². The molecule has 0 aliphatic carbocycles. The Kier molecular flexibility index (Phi) is 3.74. The van der Waals surface area contributed by atoms with Gasteiger partial charge in [0.25, 0.3) is 0 Å². The summed E-state index contributed by atoms with van der Waals surface area (Å²) in [5.74, 6) is 0.672. The first-order valence-corrected chi connectivity index (χ1v) is 6.99. The van der Waals surface area contributed by atoms with Gasteiger partial charge in [-0.25, -0.2) is 8.42 Å². The van der Waals surface area contributed by atoms with Gasteiger partial charge in [0.2, 0.25) is 0 Å². The summed E-state index contributed by atoms with van der Waals surface area (Å²) in [6, 6.07) is 2.12. The van der Waals surface area contributed by atoms with Gasteiger partial charge in [0.05, 0.1) is 23.0 Å². The molecule has 0 radical (unpaired) electrons. The molecular formula is C10H18N2O2S. The SMILES string of the molecule is CC(C)(C#N)CCS(=O)(=O)CC1CNC1. The number of hydrogen-bond acceptors (Lipinski definition) is 4. The van der Waals surface area contributed by atoms with Crippen molar-refractivity contribution in [1.82, 2.24) is 5.32 Å². The largest absolute Gasteiger partial charge is 0.316 e. The average molecular weight is 230 g/mol. The molecule has 1 saturated heterocycles. The summed E-state index contributed by atoms with van der Waals surface area (Å²) in [6.45, 7) is 5.16. The summed E-state index contributed by atoms with van der Waals surface area (Å²) >= 11 is 0. The van der Waals surface area contributed by atoms with Gasteiger partial charge in [-0.2, -0.15) is 5.26 Å². The van der Waals surface area contributed by atoms with E-state index >= 15 is 0 Å². The van der Waals surface area contributed by atoms with Crippen LogP contribution in [0.15, 0.2) is 0 Å². The first-order valence-electron chi connectivity index (χ1n) is 5.17. The molecule has 5 heteroatoms. The van der Waals surface area contributed by atoms with E-state index in [0.717, 1.165) is 13.1 Å². The first-order chi connectivity index (χ1) is 6.85. The van der Waals surface area contributed by atoms with Crippen molar-refractivity contribution in [1.29, 1.82) is 5.26 Å². The fourth-order valence-electron chi connectivity index (χ4n) is 1.38. The molecule has 0 amide bonds. The third-order valence-corrected chi connectivity index (χ3v) is 4.50. The van der Waals surface area contributed by atoms with Crippen molar-refractivity contribution in [3.8, 4) is 6.07 Å². The van der Waals surface area contributed by atoms with E-state index in [1.54, 1.807) is 13.8 Å². The number of sulfone groups is 1. The normalized spacial score (nSPS) is 18.2.